The number of hydrogen-bond acceptors (Lipinski definition) is 6. The van der Waals surface area contributed by atoms with Gasteiger partial charge in [0.15, 0.2) is 5.82 Å². The van der Waals surface area contributed by atoms with Gasteiger partial charge in [0, 0.05) is 23.9 Å². The summed E-state index contributed by atoms with van der Waals surface area (Å²) < 4.78 is 11.0. The molecule has 0 aliphatic heterocycles. The lowest BCUT2D eigenvalue weighted by Crippen LogP contribution is -2.27. The number of nitrogens with zero attached hydrogens (tertiary/aromatic N) is 3. The maximum absolute atomic E-state index is 12.3. The minimum absolute atomic E-state index is 0.117. The standard InChI is InChI=1S/C22H28N4O3/c1-6-15-7-9-16(10-8-15)20-24-17(14(2)28-20)13-19(27)23-12-11-18-25-21(29-26-18)22(3,4)5/h7-10H,6,11-13H2,1-5H3,(H,23,27). The minimum Gasteiger partial charge on any atom is -0.441 e. The van der Waals surface area contributed by atoms with Crippen LogP contribution in [0.5, 0.6) is 0 Å². The van der Waals surface area contributed by atoms with Crippen molar-refractivity contribution >= 4 is 5.91 Å². The Hall–Kier alpha value is -2.96. The molecule has 0 saturated heterocycles. The van der Waals surface area contributed by atoms with Crippen LogP contribution < -0.4 is 5.32 Å². The molecule has 0 bridgehead atoms. The number of aryl methyl sites for hydroxylation is 2. The number of benzene rings is 1. The molecule has 0 atom stereocenters. The Bertz CT molecular complexity index is 965. The van der Waals surface area contributed by atoms with Crippen LogP contribution in [0.3, 0.4) is 0 Å². The zero-order valence-electron chi connectivity index (χ0n) is 17.7. The third kappa shape index (κ3) is 5.31. The van der Waals surface area contributed by atoms with Crippen molar-refractivity contribution in [2.24, 2.45) is 0 Å². The molecule has 0 unspecified atom stereocenters. The highest BCUT2D eigenvalue weighted by Crippen LogP contribution is 2.23. The smallest absolute Gasteiger partial charge is 0.232 e. The highest BCUT2D eigenvalue weighted by molar-refractivity contribution is 5.78. The quantitative estimate of drug-likeness (QED) is 0.653. The minimum atomic E-state index is -0.187. The van der Waals surface area contributed by atoms with Crippen LogP contribution in [0, 0.1) is 6.92 Å². The molecule has 0 aliphatic carbocycles. The molecule has 0 radical (unpaired) electrons. The fraction of sp³-hybridized carbons (Fsp3) is 0.455. The lowest BCUT2D eigenvalue weighted by atomic mass is 9.97. The average Bonchev–Trinajstić information content (AvgIpc) is 3.29. The molecule has 1 amide bonds. The first kappa shape index (κ1) is 20.8. The summed E-state index contributed by atoms with van der Waals surface area (Å²) in [6, 6.07) is 8.10. The molecule has 0 spiro atoms. The van der Waals surface area contributed by atoms with Crippen molar-refractivity contribution in [2.45, 2.75) is 59.3 Å². The Labute approximate surface area is 170 Å². The molecule has 0 fully saturated rings. The lowest BCUT2D eigenvalue weighted by molar-refractivity contribution is -0.120. The van der Waals surface area contributed by atoms with E-state index >= 15 is 0 Å². The Morgan fingerprint density at radius 2 is 1.86 bits per heavy atom. The Morgan fingerprint density at radius 3 is 2.48 bits per heavy atom. The zero-order chi connectivity index (χ0) is 21.0. The third-order valence-electron chi connectivity index (χ3n) is 4.61. The van der Waals surface area contributed by atoms with Crippen LogP contribution >= 0.6 is 0 Å². The van der Waals surface area contributed by atoms with Gasteiger partial charge in [-0.05, 0) is 31.0 Å². The first-order chi connectivity index (χ1) is 13.8. The molecule has 154 valence electrons. The second kappa shape index (κ2) is 8.59. The predicted octanol–water partition coefficient (Wildman–Crippen LogP) is 3.79. The summed E-state index contributed by atoms with van der Waals surface area (Å²) in [7, 11) is 0. The summed E-state index contributed by atoms with van der Waals surface area (Å²) in [5.74, 6) is 2.26. The van der Waals surface area contributed by atoms with Gasteiger partial charge in [-0.3, -0.25) is 4.79 Å². The first-order valence-corrected chi connectivity index (χ1v) is 9.91. The number of carbonyl (C=O) groups excluding carboxylic acids is 1. The number of aromatic nitrogens is 3. The molecular weight excluding hydrogens is 368 g/mol. The molecular formula is C22H28N4O3. The molecule has 1 N–H and O–H groups in total. The van der Waals surface area contributed by atoms with Gasteiger partial charge in [0.2, 0.25) is 17.7 Å². The Morgan fingerprint density at radius 1 is 1.14 bits per heavy atom. The van der Waals surface area contributed by atoms with Crippen LogP contribution in [-0.2, 0) is 29.5 Å². The second-order valence-corrected chi connectivity index (χ2v) is 8.11. The van der Waals surface area contributed by atoms with Gasteiger partial charge in [-0.1, -0.05) is 45.0 Å². The van der Waals surface area contributed by atoms with Crippen molar-refractivity contribution in [3.8, 4) is 11.5 Å². The number of hydrogen-bond donors (Lipinski definition) is 1. The van der Waals surface area contributed by atoms with Gasteiger partial charge >= 0.3 is 0 Å². The molecule has 1 aromatic carbocycles. The number of rotatable bonds is 7. The van der Waals surface area contributed by atoms with Gasteiger partial charge in [-0.2, -0.15) is 4.98 Å². The molecule has 3 aromatic rings. The first-order valence-electron chi connectivity index (χ1n) is 9.91. The summed E-state index contributed by atoms with van der Waals surface area (Å²) in [4.78, 5) is 21.2. The van der Waals surface area contributed by atoms with Crippen molar-refractivity contribution in [3.63, 3.8) is 0 Å². The van der Waals surface area contributed by atoms with Crippen LogP contribution in [0.15, 0.2) is 33.2 Å². The van der Waals surface area contributed by atoms with E-state index in [1.807, 2.05) is 39.8 Å². The SMILES string of the molecule is CCc1ccc(-c2nc(CC(=O)NCCc3noc(C(C)(C)C)n3)c(C)o2)cc1. The molecule has 0 aliphatic rings. The van der Waals surface area contributed by atoms with Crippen LogP contribution in [0.4, 0.5) is 0 Å². The molecule has 2 aromatic heterocycles. The highest BCUT2D eigenvalue weighted by atomic mass is 16.5. The summed E-state index contributed by atoms with van der Waals surface area (Å²) in [5.41, 5.74) is 2.62. The van der Waals surface area contributed by atoms with Crippen LogP contribution in [0.25, 0.3) is 11.5 Å². The number of carbonyl (C=O) groups is 1. The Balaban J connectivity index is 1.54. The monoisotopic (exact) mass is 396 g/mol. The largest absolute Gasteiger partial charge is 0.441 e. The molecule has 0 saturated carbocycles. The van der Waals surface area contributed by atoms with E-state index < -0.39 is 0 Å². The summed E-state index contributed by atoms with van der Waals surface area (Å²) in [5, 5.41) is 6.84. The van der Waals surface area contributed by atoms with E-state index in [4.69, 9.17) is 8.94 Å². The fourth-order valence-electron chi connectivity index (χ4n) is 2.79. The van der Waals surface area contributed by atoms with Gasteiger partial charge in [0.1, 0.15) is 5.76 Å². The van der Waals surface area contributed by atoms with Crippen LogP contribution in [0.2, 0.25) is 0 Å². The van der Waals surface area contributed by atoms with Crippen LogP contribution in [-0.4, -0.2) is 27.6 Å². The number of amides is 1. The number of nitrogens with one attached hydrogen (secondary N) is 1. The number of oxazole rings is 1. The van der Waals surface area contributed by atoms with Gasteiger partial charge in [-0.15, -0.1) is 0 Å². The van der Waals surface area contributed by atoms with Crippen molar-refractivity contribution in [2.75, 3.05) is 6.54 Å². The zero-order valence-corrected chi connectivity index (χ0v) is 17.7. The summed E-state index contributed by atoms with van der Waals surface area (Å²) >= 11 is 0. The summed E-state index contributed by atoms with van der Waals surface area (Å²) in [6.07, 6.45) is 1.66. The van der Waals surface area contributed by atoms with E-state index in [9.17, 15) is 4.79 Å². The van der Waals surface area contributed by atoms with Crippen molar-refractivity contribution < 1.29 is 13.7 Å². The van der Waals surface area contributed by atoms with E-state index in [0.717, 1.165) is 12.0 Å². The van der Waals surface area contributed by atoms with Gasteiger partial charge in [-0.25, -0.2) is 4.98 Å². The van der Waals surface area contributed by atoms with E-state index in [-0.39, 0.29) is 17.7 Å². The van der Waals surface area contributed by atoms with E-state index in [0.29, 0.717) is 42.0 Å². The highest BCUT2D eigenvalue weighted by Gasteiger charge is 2.21. The van der Waals surface area contributed by atoms with Gasteiger partial charge in [0.05, 0.1) is 12.1 Å². The lowest BCUT2D eigenvalue weighted by Gasteiger charge is -2.10. The van der Waals surface area contributed by atoms with Crippen molar-refractivity contribution in [1.29, 1.82) is 0 Å². The predicted molar refractivity (Wildman–Crippen MR) is 109 cm³/mol. The van der Waals surface area contributed by atoms with Gasteiger partial charge < -0.3 is 14.3 Å². The summed E-state index contributed by atoms with van der Waals surface area (Å²) in [6.45, 7) is 10.4. The van der Waals surface area contributed by atoms with E-state index in [1.54, 1.807) is 0 Å². The van der Waals surface area contributed by atoms with Crippen molar-refractivity contribution in [1.82, 2.24) is 20.4 Å². The van der Waals surface area contributed by atoms with Crippen LogP contribution in [0.1, 0.15) is 56.4 Å². The van der Waals surface area contributed by atoms with E-state index in [1.165, 1.54) is 5.56 Å². The van der Waals surface area contributed by atoms with Gasteiger partial charge in [0.25, 0.3) is 0 Å². The third-order valence-corrected chi connectivity index (χ3v) is 4.61. The molecule has 2 heterocycles. The molecule has 29 heavy (non-hydrogen) atoms. The Kier molecular flexibility index (Phi) is 6.15. The fourth-order valence-corrected chi connectivity index (χ4v) is 2.79. The second-order valence-electron chi connectivity index (χ2n) is 8.11. The maximum atomic E-state index is 12.3. The maximum Gasteiger partial charge on any atom is 0.232 e. The molecule has 7 heteroatoms. The normalized spacial score (nSPS) is 11.6. The average molecular weight is 396 g/mol. The molecule has 7 nitrogen and oxygen atoms in total. The van der Waals surface area contributed by atoms with E-state index in [2.05, 4.69) is 39.5 Å². The topological polar surface area (TPSA) is 94.1 Å². The van der Waals surface area contributed by atoms with Crippen molar-refractivity contribution in [3.05, 3.63) is 53.0 Å². The molecule has 3 rings (SSSR count).